The second-order valence-electron chi connectivity index (χ2n) is 6.83. The predicted molar refractivity (Wildman–Crippen MR) is 70.9 cm³/mol. The van der Waals surface area contributed by atoms with Gasteiger partial charge in [0.15, 0.2) is 0 Å². The van der Waals surface area contributed by atoms with E-state index >= 15 is 0 Å². The van der Waals surface area contributed by atoms with Crippen LogP contribution in [0.25, 0.3) is 0 Å². The predicted octanol–water partition coefficient (Wildman–Crippen LogP) is 2.42. The van der Waals surface area contributed by atoms with E-state index in [2.05, 4.69) is 11.3 Å². The van der Waals surface area contributed by atoms with E-state index in [1.54, 1.807) is 0 Å². The fourth-order valence-corrected chi connectivity index (χ4v) is 5.44. The van der Waals surface area contributed by atoms with Crippen LogP contribution in [0.1, 0.15) is 49.3 Å². The summed E-state index contributed by atoms with van der Waals surface area (Å²) in [5.74, 6) is 4.71. The molecule has 1 aromatic rings. The van der Waals surface area contributed by atoms with E-state index in [1.165, 1.54) is 43.4 Å². The molecule has 0 unspecified atom stereocenters. The molecule has 1 aromatic heterocycles. The minimum absolute atomic E-state index is 0.634. The quantitative estimate of drug-likeness (QED) is 0.869. The summed E-state index contributed by atoms with van der Waals surface area (Å²) in [6, 6.07) is 0. The van der Waals surface area contributed by atoms with Gasteiger partial charge in [-0.2, -0.15) is 5.10 Å². The van der Waals surface area contributed by atoms with Gasteiger partial charge in [0, 0.05) is 13.6 Å². The van der Waals surface area contributed by atoms with E-state index in [1.807, 2.05) is 11.7 Å². The molecule has 4 saturated carbocycles. The van der Waals surface area contributed by atoms with Gasteiger partial charge < -0.3 is 5.73 Å². The molecule has 0 spiro atoms. The van der Waals surface area contributed by atoms with Crippen molar-refractivity contribution in [1.29, 1.82) is 0 Å². The summed E-state index contributed by atoms with van der Waals surface area (Å²) in [4.78, 5) is 0. The zero-order valence-electron chi connectivity index (χ0n) is 11.2. The highest BCUT2D eigenvalue weighted by Gasteiger charge is 2.49. The first-order chi connectivity index (χ1) is 8.76. The van der Waals surface area contributed by atoms with Gasteiger partial charge in [-0.3, -0.25) is 4.68 Å². The van der Waals surface area contributed by atoms with Crippen molar-refractivity contribution in [2.24, 2.45) is 36.5 Å². The lowest BCUT2D eigenvalue weighted by Crippen LogP contribution is -2.44. The Morgan fingerprint density at radius 2 is 1.78 bits per heavy atom. The Morgan fingerprint density at radius 1 is 1.17 bits per heavy atom. The molecule has 0 saturated heterocycles. The summed E-state index contributed by atoms with van der Waals surface area (Å²) in [6.07, 6.45) is 9.51. The average Bonchev–Trinajstić information content (AvgIpc) is 2.69. The fourth-order valence-electron chi connectivity index (χ4n) is 5.44. The molecular formula is C15H23N3. The van der Waals surface area contributed by atoms with Crippen molar-refractivity contribution in [1.82, 2.24) is 9.78 Å². The third-order valence-corrected chi connectivity index (χ3v) is 5.87. The first-order valence-corrected chi connectivity index (χ1v) is 7.47. The summed E-state index contributed by atoms with van der Waals surface area (Å²) in [5.41, 5.74) is 8.68. The lowest BCUT2D eigenvalue weighted by Gasteiger charge is -2.54. The molecule has 4 fully saturated rings. The van der Waals surface area contributed by atoms with Gasteiger partial charge in [-0.1, -0.05) is 0 Å². The van der Waals surface area contributed by atoms with Crippen LogP contribution in [-0.2, 0) is 13.6 Å². The van der Waals surface area contributed by atoms with Crippen molar-refractivity contribution in [3.63, 3.8) is 0 Å². The molecule has 3 heteroatoms. The molecule has 4 aliphatic carbocycles. The molecule has 3 nitrogen and oxygen atoms in total. The molecule has 4 aliphatic rings. The standard InChI is InChI=1S/C15H23N3/c1-18-14(7-16)13(8-17-18)15-11-3-9-2-10(5-11)6-12(15)4-9/h8-12,15H,2-7,16H2,1H3. The molecular weight excluding hydrogens is 222 g/mol. The van der Waals surface area contributed by atoms with Gasteiger partial charge in [-0.15, -0.1) is 0 Å². The lowest BCUT2D eigenvalue weighted by atomic mass is 9.51. The average molecular weight is 245 g/mol. The third kappa shape index (κ3) is 1.43. The molecule has 4 bridgehead atoms. The third-order valence-electron chi connectivity index (χ3n) is 5.87. The van der Waals surface area contributed by atoms with E-state index in [0.29, 0.717) is 6.54 Å². The number of nitrogens with two attached hydrogens (primary N) is 1. The van der Waals surface area contributed by atoms with Crippen LogP contribution in [0.4, 0.5) is 0 Å². The Hall–Kier alpha value is -0.830. The molecule has 0 radical (unpaired) electrons. The Labute approximate surface area is 109 Å². The highest BCUT2D eigenvalue weighted by Crippen LogP contribution is 2.60. The van der Waals surface area contributed by atoms with E-state index in [4.69, 9.17) is 5.73 Å². The summed E-state index contributed by atoms with van der Waals surface area (Å²) in [5, 5.41) is 4.46. The minimum atomic E-state index is 0.634. The number of nitrogens with zero attached hydrogens (tertiary/aromatic N) is 2. The first kappa shape index (κ1) is 11.0. The second kappa shape index (κ2) is 3.83. The van der Waals surface area contributed by atoms with Crippen LogP contribution >= 0.6 is 0 Å². The molecule has 1 heterocycles. The van der Waals surface area contributed by atoms with Crippen molar-refractivity contribution < 1.29 is 0 Å². The van der Waals surface area contributed by atoms with Gasteiger partial charge in [0.1, 0.15) is 0 Å². The molecule has 98 valence electrons. The fraction of sp³-hybridized carbons (Fsp3) is 0.800. The molecule has 5 rings (SSSR count). The first-order valence-electron chi connectivity index (χ1n) is 7.47. The Kier molecular flexibility index (Phi) is 2.35. The SMILES string of the molecule is Cn1ncc(C2C3CC4CC(C3)CC2C4)c1CN. The molecule has 18 heavy (non-hydrogen) atoms. The van der Waals surface area contributed by atoms with E-state index < -0.39 is 0 Å². The zero-order valence-corrected chi connectivity index (χ0v) is 11.2. The van der Waals surface area contributed by atoms with Crippen LogP contribution in [0.5, 0.6) is 0 Å². The Morgan fingerprint density at radius 3 is 2.33 bits per heavy atom. The zero-order chi connectivity index (χ0) is 12.3. The minimum Gasteiger partial charge on any atom is -0.325 e. The highest BCUT2D eigenvalue weighted by molar-refractivity contribution is 5.26. The maximum atomic E-state index is 5.93. The molecule has 0 aliphatic heterocycles. The van der Waals surface area contributed by atoms with Crippen LogP contribution in [0.2, 0.25) is 0 Å². The second-order valence-corrected chi connectivity index (χ2v) is 6.83. The summed E-state index contributed by atoms with van der Waals surface area (Å²) < 4.78 is 1.99. The lowest BCUT2D eigenvalue weighted by molar-refractivity contribution is -0.00308. The number of aromatic nitrogens is 2. The van der Waals surface area contributed by atoms with E-state index in [-0.39, 0.29) is 0 Å². The van der Waals surface area contributed by atoms with Crippen molar-refractivity contribution in [2.75, 3.05) is 0 Å². The van der Waals surface area contributed by atoms with Crippen molar-refractivity contribution >= 4 is 0 Å². The van der Waals surface area contributed by atoms with Gasteiger partial charge in [-0.05, 0) is 67.3 Å². The Bertz CT molecular complexity index is 434. The largest absolute Gasteiger partial charge is 0.325 e. The number of hydrogen-bond donors (Lipinski definition) is 1. The van der Waals surface area contributed by atoms with Crippen LogP contribution in [-0.4, -0.2) is 9.78 Å². The normalized spacial score (nSPS) is 41.6. The van der Waals surface area contributed by atoms with Gasteiger partial charge in [0.05, 0.1) is 11.9 Å². The van der Waals surface area contributed by atoms with Crippen molar-refractivity contribution in [3.05, 3.63) is 17.5 Å². The van der Waals surface area contributed by atoms with Crippen LogP contribution in [0.3, 0.4) is 0 Å². The van der Waals surface area contributed by atoms with Crippen LogP contribution < -0.4 is 5.73 Å². The highest BCUT2D eigenvalue weighted by atomic mass is 15.3. The smallest absolute Gasteiger partial charge is 0.0551 e. The number of aryl methyl sites for hydroxylation is 1. The monoisotopic (exact) mass is 245 g/mol. The summed E-state index contributed by atoms with van der Waals surface area (Å²) in [6.45, 7) is 0.634. The van der Waals surface area contributed by atoms with Gasteiger partial charge in [-0.25, -0.2) is 0 Å². The van der Waals surface area contributed by atoms with E-state index in [0.717, 1.165) is 29.6 Å². The maximum Gasteiger partial charge on any atom is 0.0551 e. The summed E-state index contributed by atoms with van der Waals surface area (Å²) in [7, 11) is 2.03. The Balaban J connectivity index is 1.72. The maximum absolute atomic E-state index is 5.93. The van der Waals surface area contributed by atoms with Crippen LogP contribution in [0.15, 0.2) is 6.20 Å². The molecule has 2 N–H and O–H groups in total. The number of rotatable bonds is 2. The summed E-state index contributed by atoms with van der Waals surface area (Å²) >= 11 is 0. The molecule has 0 atom stereocenters. The molecule has 0 aromatic carbocycles. The number of hydrogen-bond acceptors (Lipinski definition) is 2. The molecule has 0 amide bonds. The van der Waals surface area contributed by atoms with Gasteiger partial charge in [0.2, 0.25) is 0 Å². The van der Waals surface area contributed by atoms with Gasteiger partial charge in [0.25, 0.3) is 0 Å². The van der Waals surface area contributed by atoms with Gasteiger partial charge >= 0.3 is 0 Å². The van der Waals surface area contributed by atoms with Crippen LogP contribution in [0, 0.1) is 23.7 Å². The topological polar surface area (TPSA) is 43.8 Å². The van der Waals surface area contributed by atoms with E-state index in [9.17, 15) is 0 Å². The van der Waals surface area contributed by atoms with Crippen molar-refractivity contribution in [2.45, 2.75) is 44.6 Å². The van der Waals surface area contributed by atoms with Crippen molar-refractivity contribution in [3.8, 4) is 0 Å².